The molecule has 0 unspecified atom stereocenters. The number of aliphatic hydroxyl groups is 6. The van der Waals surface area contributed by atoms with E-state index < -0.39 is 91.2 Å². The highest BCUT2D eigenvalue weighted by Crippen LogP contribution is 2.32. The molecule has 0 amide bonds. The zero-order valence-corrected chi connectivity index (χ0v) is 19.5. The van der Waals surface area contributed by atoms with Gasteiger partial charge in [-0.05, 0) is 27.3 Å². The third-order valence-electron chi connectivity index (χ3n) is 6.95. The van der Waals surface area contributed by atoms with E-state index in [9.17, 15) is 30.6 Å². The molecule has 200 valence electrons. The number of aliphatic hydroxyl groups excluding tert-OH is 5. The average Bonchev–Trinajstić information content (AvgIpc) is 2.75. The molecule has 14 heteroatoms. The molecule has 0 aromatic carbocycles. The van der Waals surface area contributed by atoms with Crippen LogP contribution in [0.3, 0.4) is 0 Å². The summed E-state index contributed by atoms with van der Waals surface area (Å²) >= 11 is 0. The standard InChI is InChI=1S/C20H40N4O10/c1-6(25)14-11(27)10(26)9(23)18(32-14)33-15-7(21)4-8(22)16(12(15)28)34-19-13(29)17(24-3)20(2,30)5-31-19/h6-19,24-30H,4-5,21-23H2,1-3H3/t6-,7-,8+,9-,10+,11-,12+,13-,14+,15-,16-,17+,18+,19+,20-/m0/s1. The number of nitrogens with one attached hydrogen (secondary N) is 1. The fraction of sp³-hybridized carbons (Fsp3) is 1.00. The molecule has 1 aliphatic carbocycles. The molecular weight excluding hydrogens is 456 g/mol. The molecule has 13 N–H and O–H groups in total. The number of likely N-dealkylation sites (N-methyl/N-ethyl adjacent to an activating group) is 1. The summed E-state index contributed by atoms with van der Waals surface area (Å²) in [4.78, 5) is 0. The Labute approximate surface area is 197 Å². The number of rotatable bonds is 6. The predicted molar refractivity (Wildman–Crippen MR) is 116 cm³/mol. The molecule has 3 fully saturated rings. The minimum Gasteiger partial charge on any atom is -0.391 e. The van der Waals surface area contributed by atoms with Gasteiger partial charge in [0.05, 0.1) is 24.8 Å². The Kier molecular flexibility index (Phi) is 8.92. The van der Waals surface area contributed by atoms with Crippen LogP contribution in [0.5, 0.6) is 0 Å². The van der Waals surface area contributed by atoms with Gasteiger partial charge in [0.1, 0.15) is 48.3 Å². The maximum absolute atomic E-state index is 11.1. The van der Waals surface area contributed by atoms with E-state index in [-0.39, 0.29) is 13.0 Å². The van der Waals surface area contributed by atoms with Crippen LogP contribution >= 0.6 is 0 Å². The van der Waals surface area contributed by atoms with Crippen LogP contribution in [0.1, 0.15) is 20.3 Å². The topological polar surface area (TPSA) is 248 Å². The molecule has 0 radical (unpaired) electrons. The number of hydrogen-bond donors (Lipinski definition) is 10. The molecule has 2 saturated heterocycles. The Hall–Kier alpha value is -0.560. The fourth-order valence-corrected chi connectivity index (χ4v) is 4.95. The highest BCUT2D eigenvalue weighted by atomic mass is 16.7. The first-order valence-corrected chi connectivity index (χ1v) is 11.4. The molecule has 15 atom stereocenters. The number of hydrogen-bond acceptors (Lipinski definition) is 14. The third-order valence-corrected chi connectivity index (χ3v) is 6.95. The summed E-state index contributed by atoms with van der Waals surface area (Å²) in [7, 11) is 1.58. The first-order valence-electron chi connectivity index (χ1n) is 11.4. The minimum atomic E-state index is -1.46. The zero-order chi connectivity index (χ0) is 25.5. The minimum absolute atomic E-state index is 0.135. The second-order valence-electron chi connectivity index (χ2n) is 9.82. The van der Waals surface area contributed by atoms with E-state index in [2.05, 4.69) is 5.32 Å². The summed E-state index contributed by atoms with van der Waals surface area (Å²) in [6, 6.07) is -3.47. The van der Waals surface area contributed by atoms with Gasteiger partial charge in [-0.3, -0.25) is 0 Å². The van der Waals surface area contributed by atoms with E-state index in [4.69, 9.17) is 36.1 Å². The van der Waals surface area contributed by atoms with Gasteiger partial charge < -0.3 is 72.1 Å². The quantitative estimate of drug-likeness (QED) is 0.165. The lowest BCUT2D eigenvalue weighted by atomic mass is 9.84. The van der Waals surface area contributed by atoms with E-state index >= 15 is 0 Å². The molecule has 34 heavy (non-hydrogen) atoms. The summed E-state index contributed by atoms with van der Waals surface area (Å²) in [6.07, 6.45) is -12.4. The fourth-order valence-electron chi connectivity index (χ4n) is 4.95. The molecule has 0 aromatic heterocycles. The maximum atomic E-state index is 11.1. The Morgan fingerprint density at radius 3 is 2.03 bits per heavy atom. The van der Waals surface area contributed by atoms with Crippen LogP contribution in [0.15, 0.2) is 0 Å². The molecule has 3 aliphatic rings. The largest absolute Gasteiger partial charge is 0.391 e. The molecule has 14 nitrogen and oxygen atoms in total. The molecule has 1 saturated carbocycles. The van der Waals surface area contributed by atoms with Crippen molar-refractivity contribution in [2.75, 3.05) is 13.7 Å². The van der Waals surface area contributed by atoms with Crippen LogP contribution in [0.4, 0.5) is 0 Å². The van der Waals surface area contributed by atoms with Crippen molar-refractivity contribution in [2.24, 2.45) is 17.2 Å². The smallest absolute Gasteiger partial charge is 0.185 e. The van der Waals surface area contributed by atoms with Crippen molar-refractivity contribution in [1.29, 1.82) is 0 Å². The molecule has 2 heterocycles. The van der Waals surface area contributed by atoms with Gasteiger partial charge in [-0.15, -0.1) is 0 Å². The van der Waals surface area contributed by atoms with Crippen molar-refractivity contribution in [2.45, 2.75) is 111 Å². The number of nitrogens with two attached hydrogens (primary N) is 3. The van der Waals surface area contributed by atoms with Crippen LogP contribution in [0, 0.1) is 0 Å². The average molecular weight is 497 g/mol. The molecule has 0 bridgehead atoms. The lowest BCUT2D eigenvalue weighted by Crippen LogP contribution is -2.69. The molecule has 2 aliphatic heterocycles. The van der Waals surface area contributed by atoms with Crippen LogP contribution in [-0.2, 0) is 18.9 Å². The Bertz CT molecular complexity index is 675. The van der Waals surface area contributed by atoms with Gasteiger partial charge in [-0.25, -0.2) is 0 Å². The molecule has 3 rings (SSSR count). The monoisotopic (exact) mass is 496 g/mol. The SMILES string of the molecule is CN[C@@H]1[C@H](O)[C@@H](O[C@@H]2[C@H](O)[C@@H](O[C@H]3O[C@H]([C@H](C)O)[C@@H](O)[C@H](O)[C@@H]3N)[C@@H](N)C[C@H]2N)OC[C@]1(C)O. The van der Waals surface area contributed by atoms with Gasteiger partial charge >= 0.3 is 0 Å². The number of ether oxygens (including phenoxy) is 4. The third kappa shape index (κ3) is 5.40. The predicted octanol–water partition coefficient (Wildman–Crippen LogP) is -5.61. The maximum Gasteiger partial charge on any atom is 0.185 e. The van der Waals surface area contributed by atoms with Crippen molar-refractivity contribution in [3.8, 4) is 0 Å². The summed E-state index contributed by atoms with van der Waals surface area (Å²) in [5.74, 6) is 0. The summed E-state index contributed by atoms with van der Waals surface area (Å²) in [5, 5.41) is 65.2. The first kappa shape index (κ1) is 28.0. The Morgan fingerprint density at radius 1 is 0.941 bits per heavy atom. The lowest BCUT2D eigenvalue weighted by Gasteiger charge is -2.49. The van der Waals surface area contributed by atoms with Crippen molar-refractivity contribution in [3.05, 3.63) is 0 Å². The second kappa shape index (κ2) is 10.8. The van der Waals surface area contributed by atoms with Gasteiger partial charge in [-0.1, -0.05) is 0 Å². The summed E-state index contributed by atoms with van der Waals surface area (Å²) in [6.45, 7) is 2.75. The van der Waals surface area contributed by atoms with Crippen LogP contribution in [0.25, 0.3) is 0 Å². The molecule has 0 spiro atoms. The molecular formula is C20H40N4O10. The van der Waals surface area contributed by atoms with Crippen LogP contribution in [0.2, 0.25) is 0 Å². The van der Waals surface area contributed by atoms with Crippen molar-refractivity contribution in [1.82, 2.24) is 5.32 Å². The summed E-state index contributed by atoms with van der Waals surface area (Å²) in [5.41, 5.74) is 17.0. The molecule has 0 aromatic rings. The van der Waals surface area contributed by atoms with Gasteiger partial charge in [0.25, 0.3) is 0 Å². The Balaban J connectivity index is 1.73. The van der Waals surface area contributed by atoms with Crippen molar-refractivity contribution in [3.63, 3.8) is 0 Å². The van der Waals surface area contributed by atoms with E-state index in [1.165, 1.54) is 13.8 Å². The highest BCUT2D eigenvalue weighted by Gasteiger charge is 2.52. The van der Waals surface area contributed by atoms with Crippen molar-refractivity contribution >= 4 is 0 Å². The summed E-state index contributed by atoms with van der Waals surface area (Å²) < 4.78 is 22.8. The van der Waals surface area contributed by atoms with Crippen molar-refractivity contribution < 1.29 is 49.6 Å². The van der Waals surface area contributed by atoms with Gasteiger partial charge in [0, 0.05) is 12.1 Å². The highest BCUT2D eigenvalue weighted by molar-refractivity contribution is 5.02. The van der Waals surface area contributed by atoms with Gasteiger partial charge in [-0.2, -0.15) is 0 Å². The normalized spacial score (nSPS) is 53.5. The van der Waals surface area contributed by atoms with E-state index in [1.54, 1.807) is 7.05 Å². The zero-order valence-electron chi connectivity index (χ0n) is 19.5. The van der Waals surface area contributed by atoms with Gasteiger partial charge in [0.15, 0.2) is 12.6 Å². The van der Waals surface area contributed by atoms with Crippen LogP contribution in [-0.4, -0.2) is 135 Å². The lowest BCUT2D eigenvalue weighted by molar-refractivity contribution is -0.319. The van der Waals surface area contributed by atoms with Crippen LogP contribution < -0.4 is 22.5 Å². The van der Waals surface area contributed by atoms with Gasteiger partial charge in [0.2, 0.25) is 0 Å². The van der Waals surface area contributed by atoms with E-state index in [0.717, 1.165) is 0 Å². The first-order chi connectivity index (χ1) is 15.8. The second-order valence-corrected chi connectivity index (χ2v) is 9.82. The Morgan fingerprint density at radius 2 is 1.50 bits per heavy atom. The van der Waals surface area contributed by atoms with E-state index in [1.807, 2.05) is 0 Å². The van der Waals surface area contributed by atoms with E-state index in [0.29, 0.717) is 0 Å².